The van der Waals surface area contributed by atoms with Gasteiger partial charge < -0.3 is 14.5 Å². The van der Waals surface area contributed by atoms with Gasteiger partial charge in [0, 0.05) is 26.6 Å². The van der Waals surface area contributed by atoms with Crippen molar-refractivity contribution in [1.82, 2.24) is 9.80 Å². The molecule has 0 radical (unpaired) electrons. The van der Waals surface area contributed by atoms with E-state index in [0.29, 0.717) is 19.5 Å². The fourth-order valence-electron chi connectivity index (χ4n) is 3.17. The molecule has 2 aromatic rings. The van der Waals surface area contributed by atoms with Gasteiger partial charge in [0.25, 0.3) is 0 Å². The SMILES string of the molecule is CC(C(=O)N(C)Cc1ccc(Oc2ccccc2)cc1)N1CCCC1=O. The summed E-state index contributed by atoms with van der Waals surface area (Å²) in [7, 11) is 1.77. The van der Waals surface area contributed by atoms with Crippen LogP contribution in [0.15, 0.2) is 54.6 Å². The number of ether oxygens (including phenoxy) is 1. The van der Waals surface area contributed by atoms with Crippen LogP contribution in [0, 0.1) is 0 Å². The van der Waals surface area contributed by atoms with Crippen LogP contribution in [0.2, 0.25) is 0 Å². The smallest absolute Gasteiger partial charge is 0.245 e. The number of hydrogen-bond acceptors (Lipinski definition) is 3. The van der Waals surface area contributed by atoms with Crippen molar-refractivity contribution in [2.75, 3.05) is 13.6 Å². The third-order valence-electron chi connectivity index (χ3n) is 4.63. The average Bonchev–Trinajstić information content (AvgIpc) is 3.09. The van der Waals surface area contributed by atoms with Gasteiger partial charge in [0.15, 0.2) is 0 Å². The third-order valence-corrected chi connectivity index (χ3v) is 4.63. The molecule has 0 spiro atoms. The number of amides is 2. The van der Waals surface area contributed by atoms with Gasteiger partial charge in [-0.1, -0.05) is 30.3 Å². The number of likely N-dealkylation sites (tertiary alicyclic amines) is 1. The number of carbonyl (C=O) groups excluding carboxylic acids is 2. The topological polar surface area (TPSA) is 49.9 Å². The number of nitrogens with zero attached hydrogens (tertiary/aromatic N) is 2. The Bertz CT molecular complexity index is 759. The van der Waals surface area contributed by atoms with E-state index >= 15 is 0 Å². The first-order chi connectivity index (χ1) is 12.5. The molecule has 0 saturated carbocycles. The molecular weight excluding hydrogens is 328 g/mol. The van der Waals surface area contributed by atoms with Crippen LogP contribution < -0.4 is 4.74 Å². The minimum Gasteiger partial charge on any atom is -0.457 e. The highest BCUT2D eigenvalue weighted by Gasteiger charge is 2.30. The number of likely N-dealkylation sites (N-methyl/N-ethyl adjacent to an activating group) is 1. The van der Waals surface area contributed by atoms with Crippen molar-refractivity contribution in [1.29, 1.82) is 0 Å². The summed E-state index contributed by atoms with van der Waals surface area (Å²) < 4.78 is 5.78. The summed E-state index contributed by atoms with van der Waals surface area (Å²) in [6, 6.07) is 16.9. The zero-order valence-electron chi connectivity index (χ0n) is 15.2. The quantitative estimate of drug-likeness (QED) is 0.800. The standard InChI is InChI=1S/C21H24N2O3/c1-16(23-14-6-9-20(23)24)21(25)22(2)15-17-10-12-19(13-11-17)26-18-7-4-3-5-8-18/h3-5,7-8,10-13,16H,6,9,14-15H2,1-2H3. The van der Waals surface area contributed by atoms with Gasteiger partial charge in [-0.2, -0.15) is 0 Å². The van der Waals surface area contributed by atoms with E-state index in [1.807, 2.05) is 54.6 Å². The van der Waals surface area contributed by atoms with Gasteiger partial charge in [0.1, 0.15) is 17.5 Å². The van der Waals surface area contributed by atoms with E-state index in [0.717, 1.165) is 23.5 Å². The lowest BCUT2D eigenvalue weighted by molar-refractivity contribution is -0.142. The Labute approximate surface area is 154 Å². The van der Waals surface area contributed by atoms with Crippen LogP contribution in [-0.2, 0) is 16.1 Å². The maximum absolute atomic E-state index is 12.6. The van der Waals surface area contributed by atoms with E-state index in [4.69, 9.17) is 4.74 Å². The Kier molecular flexibility index (Phi) is 5.56. The summed E-state index contributed by atoms with van der Waals surface area (Å²) in [5.74, 6) is 1.58. The number of carbonyl (C=O) groups is 2. The third kappa shape index (κ3) is 4.23. The van der Waals surface area contributed by atoms with E-state index in [-0.39, 0.29) is 11.8 Å². The second kappa shape index (κ2) is 8.04. The Morgan fingerprint density at radius 2 is 1.77 bits per heavy atom. The molecule has 1 aliphatic rings. The molecule has 26 heavy (non-hydrogen) atoms. The molecule has 1 fully saturated rings. The lowest BCUT2D eigenvalue weighted by Crippen LogP contribution is -2.46. The lowest BCUT2D eigenvalue weighted by Gasteiger charge is -2.28. The molecule has 1 atom stereocenters. The van der Waals surface area contributed by atoms with E-state index < -0.39 is 6.04 Å². The van der Waals surface area contributed by atoms with E-state index in [1.165, 1.54) is 0 Å². The lowest BCUT2D eigenvalue weighted by atomic mass is 10.2. The molecule has 0 aliphatic carbocycles. The monoisotopic (exact) mass is 352 g/mol. The van der Waals surface area contributed by atoms with Gasteiger partial charge in [-0.05, 0) is 43.2 Å². The molecular formula is C21H24N2O3. The zero-order chi connectivity index (χ0) is 18.5. The predicted octanol–water partition coefficient (Wildman–Crippen LogP) is 3.45. The van der Waals surface area contributed by atoms with Crippen LogP contribution in [0.5, 0.6) is 11.5 Å². The van der Waals surface area contributed by atoms with Gasteiger partial charge >= 0.3 is 0 Å². The van der Waals surface area contributed by atoms with Crippen LogP contribution in [0.4, 0.5) is 0 Å². The molecule has 0 N–H and O–H groups in total. The summed E-state index contributed by atoms with van der Waals surface area (Å²) in [6.45, 7) is 2.97. The Morgan fingerprint density at radius 3 is 2.38 bits per heavy atom. The van der Waals surface area contributed by atoms with E-state index in [9.17, 15) is 9.59 Å². The maximum atomic E-state index is 12.6. The van der Waals surface area contributed by atoms with Crippen molar-refractivity contribution in [2.24, 2.45) is 0 Å². The second-order valence-electron chi connectivity index (χ2n) is 6.62. The van der Waals surface area contributed by atoms with Crippen molar-refractivity contribution in [3.63, 3.8) is 0 Å². The van der Waals surface area contributed by atoms with Crippen molar-refractivity contribution < 1.29 is 14.3 Å². The van der Waals surface area contributed by atoms with Crippen LogP contribution >= 0.6 is 0 Å². The van der Waals surface area contributed by atoms with Gasteiger partial charge in [-0.3, -0.25) is 9.59 Å². The maximum Gasteiger partial charge on any atom is 0.245 e. The molecule has 1 heterocycles. The molecule has 2 aromatic carbocycles. The molecule has 2 amide bonds. The van der Waals surface area contributed by atoms with Gasteiger partial charge in [0.05, 0.1) is 0 Å². The highest BCUT2D eigenvalue weighted by molar-refractivity contribution is 5.88. The minimum atomic E-state index is -0.407. The molecule has 1 unspecified atom stereocenters. The summed E-state index contributed by atoms with van der Waals surface area (Å²) >= 11 is 0. The molecule has 3 rings (SSSR count). The van der Waals surface area contributed by atoms with Crippen molar-refractivity contribution in [2.45, 2.75) is 32.4 Å². The minimum absolute atomic E-state index is 0.0372. The Balaban J connectivity index is 1.57. The van der Waals surface area contributed by atoms with Gasteiger partial charge in [-0.15, -0.1) is 0 Å². The largest absolute Gasteiger partial charge is 0.457 e. The summed E-state index contributed by atoms with van der Waals surface area (Å²) in [5.41, 5.74) is 1.02. The van der Waals surface area contributed by atoms with Crippen molar-refractivity contribution in [3.05, 3.63) is 60.2 Å². The number of rotatable bonds is 6. The van der Waals surface area contributed by atoms with Gasteiger partial charge in [0.2, 0.25) is 11.8 Å². The normalized spacial score (nSPS) is 15.0. The number of para-hydroxylation sites is 1. The molecule has 136 valence electrons. The van der Waals surface area contributed by atoms with Crippen molar-refractivity contribution >= 4 is 11.8 Å². The Morgan fingerprint density at radius 1 is 1.12 bits per heavy atom. The first-order valence-electron chi connectivity index (χ1n) is 8.91. The number of benzene rings is 2. The van der Waals surface area contributed by atoms with Crippen LogP contribution in [-0.4, -0.2) is 41.2 Å². The van der Waals surface area contributed by atoms with E-state index in [2.05, 4.69) is 0 Å². The average molecular weight is 352 g/mol. The molecule has 5 heteroatoms. The fraction of sp³-hybridized carbons (Fsp3) is 0.333. The first kappa shape index (κ1) is 18.0. The summed E-state index contributed by atoms with van der Waals surface area (Å²) in [6.07, 6.45) is 1.38. The van der Waals surface area contributed by atoms with Crippen LogP contribution in [0.1, 0.15) is 25.3 Å². The summed E-state index contributed by atoms with van der Waals surface area (Å²) in [4.78, 5) is 27.8. The Hall–Kier alpha value is -2.82. The highest BCUT2D eigenvalue weighted by Crippen LogP contribution is 2.22. The zero-order valence-corrected chi connectivity index (χ0v) is 15.2. The molecule has 1 aliphatic heterocycles. The molecule has 0 aromatic heterocycles. The number of hydrogen-bond donors (Lipinski definition) is 0. The van der Waals surface area contributed by atoms with Crippen LogP contribution in [0.3, 0.4) is 0 Å². The summed E-state index contributed by atoms with van der Waals surface area (Å²) in [5, 5.41) is 0. The predicted molar refractivity (Wildman–Crippen MR) is 99.8 cm³/mol. The first-order valence-corrected chi connectivity index (χ1v) is 8.91. The molecule has 0 bridgehead atoms. The molecule has 1 saturated heterocycles. The van der Waals surface area contributed by atoms with Crippen molar-refractivity contribution in [3.8, 4) is 11.5 Å². The second-order valence-corrected chi connectivity index (χ2v) is 6.62. The molecule has 5 nitrogen and oxygen atoms in total. The van der Waals surface area contributed by atoms with Gasteiger partial charge in [-0.25, -0.2) is 0 Å². The fourth-order valence-corrected chi connectivity index (χ4v) is 3.17. The van der Waals surface area contributed by atoms with E-state index in [1.54, 1.807) is 23.8 Å². The highest BCUT2D eigenvalue weighted by atomic mass is 16.5. The van der Waals surface area contributed by atoms with Crippen LogP contribution in [0.25, 0.3) is 0 Å².